The van der Waals surface area contributed by atoms with Gasteiger partial charge >= 0.3 is 29.6 Å². The van der Waals surface area contributed by atoms with E-state index in [9.17, 15) is 14.7 Å². The Morgan fingerprint density at radius 3 is 2.36 bits per heavy atom. The van der Waals surface area contributed by atoms with Crippen LogP contribution in [-0.4, -0.2) is 22.1 Å². The molecular formula is C17H16N3NaO4. The van der Waals surface area contributed by atoms with Gasteiger partial charge in [0.05, 0.1) is 5.92 Å². The van der Waals surface area contributed by atoms with Crippen molar-refractivity contribution in [3.8, 4) is 11.6 Å². The molecule has 124 valence electrons. The molecule has 1 N–H and O–H groups in total. The summed E-state index contributed by atoms with van der Waals surface area (Å²) in [6.45, 7) is 3.49. The molecule has 8 heteroatoms. The number of benzene rings is 1. The van der Waals surface area contributed by atoms with Gasteiger partial charge < -0.3 is 20.0 Å². The van der Waals surface area contributed by atoms with Gasteiger partial charge in [-0.3, -0.25) is 4.79 Å². The first kappa shape index (κ1) is 19.4. The summed E-state index contributed by atoms with van der Waals surface area (Å²) in [5.74, 6) is -1.93. The summed E-state index contributed by atoms with van der Waals surface area (Å²) in [4.78, 5) is 23.3. The van der Waals surface area contributed by atoms with Gasteiger partial charge in [0.2, 0.25) is 11.8 Å². The molecule has 1 saturated carbocycles. The Kier molecular flexibility index (Phi) is 5.82. The van der Waals surface area contributed by atoms with Crippen LogP contribution < -0.4 is 44.7 Å². The second-order valence-electron chi connectivity index (χ2n) is 6.27. The number of hydrogen-bond acceptors (Lipinski definition) is 6. The molecule has 3 rings (SSSR count). The van der Waals surface area contributed by atoms with Crippen molar-refractivity contribution in [2.75, 3.05) is 5.32 Å². The third-order valence-corrected chi connectivity index (χ3v) is 4.26. The molecule has 25 heavy (non-hydrogen) atoms. The molecule has 1 aliphatic carbocycles. The van der Waals surface area contributed by atoms with Crippen molar-refractivity contribution in [1.29, 1.82) is 0 Å². The van der Waals surface area contributed by atoms with Gasteiger partial charge in [-0.25, -0.2) is 0 Å². The number of ether oxygens (including phenoxy) is 1. The molecule has 1 aromatic carbocycles. The van der Waals surface area contributed by atoms with E-state index in [1.165, 1.54) is 0 Å². The number of amides is 1. The number of carboxylic acid groups (broad SMARTS) is 1. The van der Waals surface area contributed by atoms with Crippen LogP contribution in [0, 0.1) is 17.3 Å². The second kappa shape index (κ2) is 7.51. The van der Waals surface area contributed by atoms with Crippen LogP contribution in [0.3, 0.4) is 0 Å². The van der Waals surface area contributed by atoms with Gasteiger partial charge in [-0.15, -0.1) is 5.10 Å². The Hall–Kier alpha value is -1.96. The largest absolute Gasteiger partial charge is 1.00 e. The number of aliphatic carboxylic acids is 1. The first-order valence-electron chi connectivity index (χ1n) is 7.47. The molecule has 0 saturated heterocycles. The number of carbonyl (C=O) groups excluding carboxylic acids is 2. The molecule has 0 bridgehead atoms. The van der Waals surface area contributed by atoms with E-state index in [2.05, 4.69) is 15.5 Å². The molecular weight excluding hydrogens is 333 g/mol. The molecule has 0 radical (unpaired) electrons. The quantitative estimate of drug-likeness (QED) is 0.641. The molecule has 0 aliphatic heterocycles. The topological polar surface area (TPSA) is 104 Å². The van der Waals surface area contributed by atoms with Crippen LogP contribution in [0.2, 0.25) is 0 Å². The first-order valence-corrected chi connectivity index (χ1v) is 7.47. The van der Waals surface area contributed by atoms with E-state index in [0.29, 0.717) is 17.3 Å². The van der Waals surface area contributed by atoms with Crippen LogP contribution >= 0.6 is 0 Å². The van der Waals surface area contributed by atoms with Crippen molar-refractivity contribution in [2.24, 2.45) is 17.3 Å². The maximum atomic E-state index is 12.2. The van der Waals surface area contributed by atoms with Gasteiger partial charge in [0.25, 0.3) is 0 Å². The summed E-state index contributed by atoms with van der Waals surface area (Å²) < 4.78 is 5.51. The Morgan fingerprint density at radius 2 is 1.84 bits per heavy atom. The normalized spacial score (nSPS) is 20.1. The summed E-state index contributed by atoms with van der Waals surface area (Å²) in [7, 11) is 0. The van der Waals surface area contributed by atoms with E-state index >= 15 is 0 Å². The number of rotatable bonds is 5. The molecule has 1 fully saturated rings. The molecule has 0 unspecified atom stereocenters. The molecule has 2 aromatic rings. The molecule has 1 aromatic heterocycles. The van der Waals surface area contributed by atoms with E-state index in [1.54, 1.807) is 56.4 Å². The van der Waals surface area contributed by atoms with E-state index in [1.807, 2.05) is 0 Å². The van der Waals surface area contributed by atoms with Gasteiger partial charge in [-0.05, 0) is 35.7 Å². The number of nitrogens with zero attached hydrogens (tertiary/aromatic N) is 2. The van der Waals surface area contributed by atoms with E-state index in [-0.39, 0.29) is 35.5 Å². The molecule has 7 nitrogen and oxygen atoms in total. The third-order valence-electron chi connectivity index (χ3n) is 4.26. The minimum Gasteiger partial charge on any atom is -0.550 e. The summed E-state index contributed by atoms with van der Waals surface area (Å²) in [5, 5.41) is 21.3. The fourth-order valence-corrected chi connectivity index (χ4v) is 2.86. The van der Waals surface area contributed by atoms with Crippen LogP contribution in [0.15, 0.2) is 42.6 Å². The van der Waals surface area contributed by atoms with Crippen LogP contribution in [0.25, 0.3) is 0 Å². The number of hydrogen-bond donors (Lipinski definition) is 1. The Labute approximate surface area is 167 Å². The minimum absolute atomic E-state index is 0. The molecule has 2 atom stereocenters. The van der Waals surface area contributed by atoms with Gasteiger partial charge in [0.1, 0.15) is 5.75 Å². The second-order valence-corrected chi connectivity index (χ2v) is 6.27. The maximum absolute atomic E-state index is 12.2. The zero-order valence-electron chi connectivity index (χ0n) is 14.2. The van der Waals surface area contributed by atoms with Crippen molar-refractivity contribution in [2.45, 2.75) is 13.8 Å². The van der Waals surface area contributed by atoms with Crippen LogP contribution in [0.5, 0.6) is 11.6 Å². The fourth-order valence-electron chi connectivity index (χ4n) is 2.86. The van der Waals surface area contributed by atoms with Crippen molar-refractivity contribution in [3.05, 3.63) is 42.6 Å². The zero-order chi connectivity index (χ0) is 17.3. The van der Waals surface area contributed by atoms with Gasteiger partial charge in [-0.1, -0.05) is 13.8 Å². The Balaban J connectivity index is 0.00000225. The first-order chi connectivity index (χ1) is 11.4. The average Bonchev–Trinajstić information content (AvgIpc) is 3.13. The van der Waals surface area contributed by atoms with Crippen molar-refractivity contribution in [3.63, 3.8) is 0 Å². The van der Waals surface area contributed by atoms with Crippen LogP contribution in [0.4, 0.5) is 5.69 Å². The number of anilines is 1. The summed E-state index contributed by atoms with van der Waals surface area (Å²) >= 11 is 0. The van der Waals surface area contributed by atoms with Crippen LogP contribution in [0.1, 0.15) is 13.8 Å². The minimum atomic E-state index is -1.19. The molecule has 1 heterocycles. The summed E-state index contributed by atoms with van der Waals surface area (Å²) in [5.41, 5.74) is -0.0240. The molecule has 1 aliphatic rings. The molecule has 1 amide bonds. The standard InChI is InChI=1S/C17H17N3O4.Na/c1-17(2)13(14(17)16(22)23)15(21)19-10-5-7-11(8-6-10)24-12-4-3-9-18-20-12;/h3-9,13-14H,1-2H3,(H,19,21)(H,22,23);/q;+1/p-1/t13-,14+;/m1./s1. The summed E-state index contributed by atoms with van der Waals surface area (Å²) in [6.07, 6.45) is 1.55. The summed E-state index contributed by atoms with van der Waals surface area (Å²) in [6, 6.07) is 10.1. The average molecular weight is 349 g/mol. The fraction of sp³-hybridized carbons (Fsp3) is 0.294. The van der Waals surface area contributed by atoms with Crippen LogP contribution in [-0.2, 0) is 9.59 Å². The SMILES string of the molecule is CC1(C)[C@H](C(=O)[O-])[C@@H]1C(=O)Nc1ccc(Oc2cccnn2)cc1.[Na+]. The number of carboxylic acids is 1. The van der Waals surface area contributed by atoms with Crippen molar-refractivity contribution in [1.82, 2.24) is 10.2 Å². The van der Waals surface area contributed by atoms with Gasteiger partial charge in [0, 0.05) is 29.8 Å². The van der Waals surface area contributed by atoms with E-state index in [4.69, 9.17) is 4.74 Å². The predicted molar refractivity (Wildman–Crippen MR) is 82.9 cm³/mol. The smallest absolute Gasteiger partial charge is 0.550 e. The van der Waals surface area contributed by atoms with Gasteiger partial charge in [-0.2, -0.15) is 5.10 Å². The van der Waals surface area contributed by atoms with Crippen molar-refractivity contribution < 1.29 is 49.0 Å². The monoisotopic (exact) mass is 349 g/mol. The number of carbonyl (C=O) groups is 2. The zero-order valence-corrected chi connectivity index (χ0v) is 16.2. The predicted octanol–water partition coefficient (Wildman–Crippen LogP) is -1.77. The third kappa shape index (κ3) is 4.18. The number of aromatic nitrogens is 2. The maximum Gasteiger partial charge on any atom is 1.00 e. The van der Waals surface area contributed by atoms with Gasteiger partial charge in [0.15, 0.2) is 0 Å². The van der Waals surface area contributed by atoms with E-state index < -0.39 is 23.2 Å². The number of nitrogens with one attached hydrogen (secondary N) is 1. The Morgan fingerprint density at radius 1 is 1.16 bits per heavy atom. The van der Waals surface area contributed by atoms with Crippen molar-refractivity contribution >= 4 is 17.6 Å². The Bertz CT molecular complexity index is 765. The molecule has 0 spiro atoms. The van der Waals surface area contributed by atoms with E-state index in [0.717, 1.165) is 0 Å².